The third-order valence-corrected chi connectivity index (χ3v) is 10.8. The first-order valence-corrected chi connectivity index (χ1v) is 17.3. The summed E-state index contributed by atoms with van der Waals surface area (Å²) in [5.41, 5.74) is 18.4. The van der Waals surface area contributed by atoms with Crippen LogP contribution in [-0.2, 0) is 10.8 Å². The van der Waals surface area contributed by atoms with E-state index < -0.39 is 0 Å². The average molecular weight is 616 g/mol. The molecule has 47 heavy (non-hydrogen) atoms. The lowest BCUT2D eigenvalue weighted by Gasteiger charge is -2.35. The van der Waals surface area contributed by atoms with Crippen LogP contribution in [0.4, 0.5) is 0 Å². The Balaban J connectivity index is 1.52. The summed E-state index contributed by atoms with van der Waals surface area (Å²) < 4.78 is 9.50. The molecule has 0 atom stereocenters. The summed E-state index contributed by atoms with van der Waals surface area (Å²) >= 11 is 0. The summed E-state index contributed by atoms with van der Waals surface area (Å²) in [5, 5.41) is 2.69. The van der Waals surface area contributed by atoms with E-state index in [4.69, 9.17) is 4.74 Å². The average Bonchev–Trinajstić information content (AvgIpc) is 3.31. The lowest BCUT2D eigenvalue weighted by molar-refractivity contribution is 0.486. The molecule has 0 bridgehead atoms. The minimum absolute atomic E-state index is 0.00265. The van der Waals surface area contributed by atoms with Gasteiger partial charge in [-0.1, -0.05) is 97.4 Å². The first-order valence-electron chi connectivity index (χ1n) is 17.3. The molecule has 0 fully saturated rings. The highest BCUT2D eigenvalue weighted by atomic mass is 16.5. The SMILES string of the molecule is Cc1cc(C)c(-c2ccc3c(c2)B2c4c(cc(C(C)C)cc4-n4c5ccc(C(C)(C)C)cc5c5cc(C(C)(C)C)cc2c54)O3)c(C)c1. The molecule has 2 nitrogen and oxygen atoms in total. The van der Waals surface area contributed by atoms with Crippen LogP contribution in [0.25, 0.3) is 38.6 Å². The molecule has 236 valence electrons. The van der Waals surface area contributed by atoms with Crippen LogP contribution >= 0.6 is 0 Å². The van der Waals surface area contributed by atoms with Gasteiger partial charge in [-0.15, -0.1) is 0 Å². The van der Waals surface area contributed by atoms with Crippen molar-refractivity contribution in [1.82, 2.24) is 4.57 Å². The number of aryl methyl sites for hydroxylation is 3. The van der Waals surface area contributed by atoms with Crippen molar-refractivity contribution >= 4 is 44.9 Å². The lowest BCUT2D eigenvalue weighted by Crippen LogP contribution is -2.58. The predicted octanol–water partition coefficient (Wildman–Crippen LogP) is 10.0. The molecule has 0 aliphatic carbocycles. The third-order valence-electron chi connectivity index (χ3n) is 10.8. The van der Waals surface area contributed by atoms with Crippen molar-refractivity contribution < 1.29 is 4.74 Å². The van der Waals surface area contributed by atoms with Gasteiger partial charge in [-0.05, 0) is 129 Å². The highest BCUT2D eigenvalue weighted by Crippen LogP contribution is 2.42. The van der Waals surface area contributed by atoms with Crippen molar-refractivity contribution in [3.8, 4) is 28.3 Å². The minimum atomic E-state index is -0.00265. The van der Waals surface area contributed by atoms with Gasteiger partial charge in [0, 0.05) is 22.0 Å². The van der Waals surface area contributed by atoms with Gasteiger partial charge in [0.1, 0.15) is 11.5 Å². The minimum Gasteiger partial charge on any atom is -0.458 e. The van der Waals surface area contributed by atoms with E-state index in [2.05, 4.69) is 154 Å². The second kappa shape index (κ2) is 9.89. The van der Waals surface area contributed by atoms with E-state index in [1.165, 1.54) is 88.4 Å². The maximum absolute atomic E-state index is 6.93. The molecule has 0 N–H and O–H groups in total. The standard InChI is InChI=1S/C44H46BNO/c1-24(2)29-19-37-41-39(20-29)47-38-15-12-28(40-26(4)16-25(3)17-27(40)5)18-34(38)45(41)35-23-31(44(9,10)11)22-33-32-21-30(43(6,7)8)13-14-36(32)46(37)42(33)35/h12-24H,1-11H3. The van der Waals surface area contributed by atoms with Gasteiger partial charge in [0.15, 0.2) is 0 Å². The summed E-state index contributed by atoms with van der Waals surface area (Å²) in [7, 11) is 0. The van der Waals surface area contributed by atoms with E-state index in [-0.39, 0.29) is 17.5 Å². The molecule has 0 saturated heterocycles. The highest BCUT2D eigenvalue weighted by Gasteiger charge is 2.42. The Hall–Kier alpha value is -4.24. The largest absolute Gasteiger partial charge is 0.458 e. The Kier molecular flexibility index (Phi) is 6.34. The smallest absolute Gasteiger partial charge is 0.256 e. The van der Waals surface area contributed by atoms with Crippen molar-refractivity contribution in [3.05, 3.63) is 106 Å². The van der Waals surface area contributed by atoms with E-state index >= 15 is 0 Å². The summed E-state index contributed by atoms with van der Waals surface area (Å²) in [6.07, 6.45) is 0. The monoisotopic (exact) mass is 615 g/mol. The summed E-state index contributed by atoms with van der Waals surface area (Å²) in [4.78, 5) is 0. The first kappa shape index (κ1) is 30.1. The van der Waals surface area contributed by atoms with E-state index in [9.17, 15) is 0 Å². The third kappa shape index (κ3) is 4.45. The number of aromatic nitrogens is 1. The predicted molar refractivity (Wildman–Crippen MR) is 203 cm³/mol. The van der Waals surface area contributed by atoms with Gasteiger partial charge in [-0.2, -0.15) is 0 Å². The number of nitrogens with zero attached hydrogens (tertiary/aromatic N) is 1. The molecule has 8 rings (SSSR count). The molecule has 0 unspecified atom stereocenters. The molecule has 6 aromatic rings. The topological polar surface area (TPSA) is 14.2 Å². The van der Waals surface area contributed by atoms with Gasteiger partial charge in [-0.25, -0.2) is 0 Å². The number of hydrogen-bond donors (Lipinski definition) is 0. The van der Waals surface area contributed by atoms with E-state index in [1.54, 1.807) is 0 Å². The number of benzene rings is 5. The lowest BCUT2D eigenvalue weighted by atomic mass is 9.34. The van der Waals surface area contributed by atoms with Crippen LogP contribution in [0.15, 0.2) is 72.8 Å². The zero-order chi connectivity index (χ0) is 33.3. The molecule has 0 amide bonds. The van der Waals surface area contributed by atoms with Crippen molar-refractivity contribution in [2.75, 3.05) is 0 Å². The number of rotatable bonds is 2. The summed E-state index contributed by atoms with van der Waals surface area (Å²) in [6.45, 7) is 25.3. The van der Waals surface area contributed by atoms with Gasteiger partial charge >= 0.3 is 0 Å². The summed E-state index contributed by atoms with van der Waals surface area (Å²) in [5.74, 6) is 2.34. The van der Waals surface area contributed by atoms with Crippen LogP contribution in [0, 0.1) is 20.8 Å². The Morgan fingerprint density at radius 2 is 1.34 bits per heavy atom. The van der Waals surface area contributed by atoms with Crippen molar-refractivity contribution in [2.24, 2.45) is 0 Å². The van der Waals surface area contributed by atoms with Crippen LogP contribution in [0.2, 0.25) is 0 Å². The number of ether oxygens (including phenoxy) is 1. The van der Waals surface area contributed by atoms with Crippen LogP contribution in [0.5, 0.6) is 11.5 Å². The van der Waals surface area contributed by atoms with E-state index in [0.717, 1.165) is 11.5 Å². The highest BCUT2D eigenvalue weighted by molar-refractivity contribution is 6.99. The molecular weight excluding hydrogens is 569 g/mol. The summed E-state index contributed by atoms with van der Waals surface area (Å²) in [6, 6.07) is 28.4. The Morgan fingerprint density at radius 1 is 0.660 bits per heavy atom. The van der Waals surface area contributed by atoms with Gasteiger partial charge in [0.2, 0.25) is 0 Å². The second-order valence-electron chi connectivity index (χ2n) is 16.7. The Bertz CT molecular complexity index is 2280. The number of hydrogen-bond acceptors (Lipinski definition) is 1. The molecule has 3 heteroatoms. The molecule has 3 heterocycles. The fourth-order valence-corrected chi connectivity index (χ4v) is 8.33. The zero-order valence-electron chi connectivity index (χ0n) is 29.9. The zero-order valence-corrected chi connectivity index (χ0v) is 29.9. The maximum atomic E-state index is 6.93. The molecule has 2 aliphatic rings. The Morgan fingerprint density at radius 3 is 2.00 bits per heavy atom. The van der Waals surface area contributed by atoms with Crippen LogP contribution < -0.4 is 21.1 Å². The molecule has 1 aromatic heterocycles. The van der Waals surface area contributed by atoms with Crippen molar-refractivity contribution in [2.45, 2.75) is 92.9 Å². The van der Waals surface area contributed by atoms with Gasteiger partial charge in [-0.3, -0.25) is 0 Å². The second-order valence-corrected chi connectivity index (χ2v) is 16.7. The van der Waals surface area contributed by atoms with Crippen molar-refractivity contribution in [1.29, 1.82) is 0 Å². The van der Waals surface area contributed by atoms with Gasteiger partial charge in [0.05, 0.1) is 5.52 Å². The Labute approximate surface area is 280 Å². The fraction of sp³-hybridized carbons (Fsp3) is 0.318. The molecule has 5 aromatic carbocycles. The molecular formula is C44H46BNO. The maximum Gasteiger partial charge on any atom is 0.256 e. The molecule has 0 radical (unpaired) electrons. The quantitative estimate of drug-likeness (QED) is 0.177. The van der Waals surface area contributed by atoms with Crippen LogP contribution in [0.1, 0.15) is 94.7 Å². The first-order chi connectivity index (χ1) is 22.1. The molecule has 0 saturated carbocycles. The van der Waals surface area contributed by atoms with Crippen molar-refractivity contribution in [3.63, 3.8) is 0 Å². The van der Waals surface area contributed by atoms with E-state index in [1.807, 2.05) is 0 Å². The van der Waals surface area contributed by atoms with Crippen LogP contribution in [0.3, 0.4) is 0 Å². The molecule has 0 spiro atoms. The normalized spacial score (nSPS) is 13.7. The van der Waals surface area contributed by atoms with E-state index in [0.29, 0.717) is 5.92 Å². The van der Waals surface area contributed by atoms with Crippen LogP contribution in [-0.4, -0.2) is 11.3 Å². The van der Waals surface area contributed by atoms with Gasteiger partial charge in [0.25, 0.3) is 6.71 Å². The molecule has 2 aliphatic heterocycles. The van der Waals surface area contributed by atoms with Gasteiger partial charge < -0.3 is 9.30 Å². The fourth-order valence-electron chi connectivity index (χ4n) is 8.33. The number of fused-ring (bicyclic) bond motifs is 7.